The fourth-order valence-corrected chi connectivity index (χ4v) is 3.15. The highest BCUT2D eigenvalue weighted by Crippen LogP contribution is 2.27. The van der Waals surface area contributed by atoms with Crippen LogP contribution in [0.4, 0.5) is 0 Å². The molecule has 0 unspecified atom stereocenters. The van der Waals surface area contributed by atoms with E-state index >= 15 is 0 Å². The van der Waals surface area contributed by atoms with E-state index in [1.807, 2.05) is 16.0 Å². The number of thiocarbonyl (C=S) groups is 1. The van der Waals surface area contributed by atoms with Gasteiger partial charge in [-0.05, 0) is 18.4 Å². The van der Waals surface area contributed by atoms with Gasteiger partial charge in [0.05, 0.1) is 29.4 Å². The number of carbonyl (C=O) groups excluding carboxylic acids is 1. The zero-order chi connectivity index (χ0) is 13.4. The minimum Gasteiger partial charge on any atom is -0.461 e. The Balaban J connectivity index is 2.11. The highest BCUT2D eigenvalue weighted by atomic mass is 32.1. The molecule has 0 aromatic carbocycles. The van der Waals surface area contributed by atoms with Crippen LogP contribution in [-0.4, -0.2) is 27.1 Å². The molecule has 5 nitrogen and oxygen atoms in total. The minimum atomic E-state index is -0.400. The van der Waals surface area contributed by atoms with Crippen molar-refractivity contribution < 1.29 is 9.53 Å². The first-order chi connectivity index (χ1) is 9.22. The molecule has 98 valence electrons. The molecule has 19 heavy (non-hydrogen) atoms. The lowest BCUT2D eigenvalue weighted by molar-refractivity contribution is 0.0518. The summed E-state index contributed by atoms with van der Waals surface area (Å²) in [5.74, 6) is -0.400. The highest BCUT2D eigenvalue weighted by Gasteiger charge is 2.25. The molecule has 7 heteroatoms. The third kappa shape index (κ3) is 1.95. The molecule has 0 spiro atoms. The van der Waals surface area contributed by atoms with E-state index in [0.717, 1.165) is 16.3 Å². The zero-order valence-corrected chi connectivity index (χ0v) is 11.8. The van der Waals surface area contributed by atoms with Gasteiger partial charge < -0.3 is 10.1 Å². The largest absolute Gasteiger partial charge is 0.461 e. The van der Waals surface area contributed by atoms with Crippen LogP contribution in [0, 0.1) is 0 Å². The van der Waals surface area contributed by atoms with Crippen LogP contribution in [0.3, 0.4) is 0 Å². The van der Waals surface area contributed by atoms with Crippen molar-refractivity contribution in [2.45, 2.75) is 13.5 Å². The Morgan fingerprint density at radius 1 is 1.68 bits per heavy atom. The van der Waals surface area contributed by atoms with Crippen LogP contribution in [0.5, 0.6) is 0 Å². The molecule has 3 heterocycles. The number of nitrogens with zero attached hydrogens (tertiary/aromatic N) is 2. The molecular weight excluding hydrogens is 282 g/mol. The van der Waals surface area contributed by atoms with Crippen molar-refractivity contribution >= 4 is 34.5 Å². The van der Waals surface area contributed by atoms with E-state index in [2.05, 4.69) is 10.3 Å². The number of esters is 1. The SMILES string of the molecule is CCOC(=O)c1ncn2c1CNC(=S)c1sccc1-2. The van der Waals surface area contributed by atoms with Crippen LogP contribution in [0.1, 0.15) is 28.0 Å². The average Bonchev–Trinajstić information content (AvgIpc) is 3.00. The number of hydrogen-bond donors (Lipinski definition) is 1. The highest BCUT2D eigenvalue weighted by molar-refractivity contribution is 7.81. The van der Waals surface area contributed by atoms with Crippen molar-refractivity contribution in [3.8, 4) is 5.69 Å². The van der Waals surface area contributed by atoms with Crippen LogP contribution < -0.4 is 5.32 Å². The molecule has 3 rings (SSSR count). The molecule has 0 radical (unpaired) electrons. The Hall–Kier alpha value is -1.73. The predicted molar refractivity (Wildman–Crippen MR) is 75.9 cm³/mol. The van der Waals surface area contributed by atoms with Gasteiger partial charge in [0.25, 0.3) is 0 Å². The average molecular weight is 293 g/mol. The fraction of sp³-hybridized carbons (Fsp3) is 0.250. The Morgan fingerprint density at radius 3 is 3.32 bits per heavy atom. The van der Waals surface area contributed by atoms with Gasteiger partial charge in [0.1, 0.15) is 11.3 Å². The summed E-state index contributed by atoms with van der Waals surface area (Å²) in [6.07, 6.45) is 1.64. The Labute approximate surface area is 119 Å². The second-order valence-electron chi connectivity index (χ2n) is 3.95. The van der Waals surface area contributed by atoms with Gasteiger partial charge in [0.2, 0.25) is 0 Å². The van der Waals surface area contributed by atoms with E-state index in [1.54, 1.807) is 24.6 Å². The van der Waals surface area contributed by atoms with Crippen molar-refractivity contribution in [2.24, 2.45) is 0 Å². The standard InChI is InChI=1S/C12H11N3O2S2/c1-2-17-12(16)9-8-5-13-11(18)10-7(3-4-19-10)15(8)6-14-9/h3-4,6H,2,5H2,1H3,(H,13,18). The number of nitrogens with one attached hydrogen (secondary N) is 1. The second kappa shape index (κ2) is 4.75. The quantitative estimate of drug-likeness (QED) is 0.677. The number of aromatic nitrogens is 2. The lowest BCUT2D eigenvalue weighted by Gasteiger charge is -2.05. The molecule has 1 aliphatic rings. The van der Waals surface area contributed by atoms with E-state index in [0.29, 0.717) is 23.8 Å². The summed E-state index contributed by atoms with van der Waals surface area (Å²) in [6.45, 7) is 2.58. The number of imidazole rings is 1. The summed E-state index contributed by atoms with van der Waals surface area (Å²) in [7, 11) is 0. The third-order valence-electron chi connectivity index (χ3n) is 2.86. The molecule has 0 aliphatic carbocycles. The maximum atomic E-state index is 11.9. The van der Waals surface area contributed by atoms with Gasteiger partial charge >= 0.3 is 5.97 Å². The molecule has 2 aromatic rings. The van der Waals surface area contributed by atoms with Crippen LogP contribution in [0.2, 0.25) is 0 Å². The molecule has 1 N–H and O–H groups in total. The van der Waals surface area contributed by atoms with E-state index in [4.69, 9.17) is 17.0 Å². The molecule has 0 fully saturated rings. The molecular formula is C12H11N3O2S2. The van der Waals surface area contributed by atoms with Gasteiger partial charge in [-0.15, -0.1) is 11.3 Å². The van der Waals surface area contributed by atoms with Gasteiger partial charge in [-0.1, -0.05) is 12.2 Å². The van der Waals surface area contributed by atoms with Gasteiger partial charge in [-0.2, -0.15) is 0 Å². The molecule has 0 atom stereocenters. The van der Waals surface area contributed by atoms with Crippen LogP contribution in [0.15, 0.2) is 17.8 Å². The number of ether oxygens (including phenoxy) is 1. The summed E-state index contributed by atoms with van der Waals surface area (Å²) in [5.41, 5.74) is 2.08. The Bertz CT molecular complexity index is 660. The summed E-state index contributed by atoms with van der Waals surface area (Å²) >= 11 is 6.89. The third-order valence-corrected chi connectivity index (χ3v) is 4.26. The molecule has 1 aliphatic heterocycles. The fourth-order valence-electron chi connectivity index (χ4n) is 2.03. The van der Waals surface area contributed by atoms with E-state index < -0.39 is 5.97 Å². The topological polar surface area (TPSA) is 56.1 Å². The molecule has 0 bridgehead atoms. The number of rotatable bonds is 2. The van der Waals surface area contributed by atoms with Gasteiger partial charge in [-0.3, -0.25) is 4.57 Å². The summed E-state index contributed by atoms with van der Waals surface area (Å²) in [4.78, 5) is 17.7. The first-order valence-corrected chi connectivity index (χ1v) is 7.10. The lowest BCUT2D eigenvalue weighted by Crippen LogP contribution is -2.21. The van der Waals surface area contributed by atoms with E-state index in [-0.39, 0.29) is 0 Å². The first kappa shape index (κ1) is 12.3. The normalized spacial score (nSPS) is 13.2. The van der Waals surface area contributed by atoms with Crippen LogP contribution >= 0.6 is 23.6 Å². The lowest BCUT2D eigenvalue weighted by atomic mass is 10.3. The monoisotopic (exact) mass is 293 g/mol. The van der Waals surface area contributed by atoms with Crippen molar-refractivity contribution in [1.29, 1.82) is 0 Å². The van der Waals surface area contributed by atoms with Crippen molar-refractivity contribution in [3.63, 3.8) is 0 Å². The predicted octanol–water partition coefficient (Wildman–Crippen LogP) is 1.89. The maximum absolute atomic E-state index is 11.9. The van der Waals surface area contributed by atoms with Crippen LogP contribution in [0.25, 0.3) is 5.69 Å². The van der Waals surface area contributed by atoms with Gasteiger partial charge in [-0.25, -0.2) is 9.78 Å². The number of thiophene rings is 1. The summed E-state index contributed by atoms with van der Waals surface area (Å²) in [6, 6.07) is 1.97. The first-order valence-electron chi connectivity index (χ1n) is 5.81. The van der Waals surface area contributed by atoms with Crippen molar-refractivity contribution in [2.75, 3.05) is 6.61 Å². The maximum Gasteiger partial charge on any atom is 0.358 e. The number of hydrogen-bond acceptors (Lipinski definition) is 5. The van der Waals surface area contributed by atoms with Crippen molar-refractivity contribution in [3.05, 3.63) is 34.0 Å². The van der Waals surface area contributed by atoms with Crippen LogP contribution in [-0.2, 0) is 11.3 Å². The molecule has 0 saturated heterocycles. The minimum absolute atomic E-state index is 0.334. The van der Waals surface area contributed by atoms with Gasteiger partial charge in [0, 0.05) is 0 Å². The molecule has 0 saturated carbocycles. The summed E-state index contributed by atoms with van der Waals surface area (Å²) in [5, 5.41) is 5.11. The number of fused-ring (bicyclic) bond motifs is 3. The zero-order valence-electron chi connectivity index (χ0n) is 10.2. The van der Waals surface area contributed by atoms with E-state index in [9.17, 15) is 4.79 Å². The van der Waals surface area contributed by atoms with Crippen molar-refractivity contribution in [1.82, 2.24) is 14.9 Å². The Kier molecular flexibility index (Phi) is 3.08. The van der Waals surface area contributed by atoms with E-state index in [1.165, 1.54) is 0 Å². The smallest absolute Gasteiger partial charge is 0.358 e. The van der Waals surface area contributed by atoms with Gasteiger partial charge in [0.15, 0.2) is 5.69 Å². The molecule has 0 amide bonds. The molecule has 2 aromatic heterocycles. The number of carbonyl (C=O) groups is 1. The second-order valence-corrected chi connectivity index (χ2v) is 5.27. The summed E-state index contributed by atoms with van der Waals surface area (Å²) < 4.78 is 6.91. The Morgan fingerprint density at radius 2 is 2.53 bits per heavy atom.